The fourth-order valence-corrected chi connectivity index (χ4v) is 4.35. The summed E-state index contributed by atoms with van der Waals surface area (Å²) in [6, 6.07) is 17.3. The van der Waals surface area contributed by atoms with E-state index in [2.05, 4.69) is 11.4 Å². The summed E-state index contributed by atoms with van der Waals surface area (Å²) in [5.41, 5.74) is 5.96. The van der Waals surface area contributed by atoms with Crippen LogP contribution < -0.4 is 5.32 Å². The Morgan fingerprint density at radius 2 is 1.90 bits per heavy atom. The molecule has 0 atom stereocenters. The number of phenolic OH excluding ortho intramolecular Hbond substituents is 1. The van der Waals surface area contributed by atoms with Gasteiger partial charge in [0.1, 0.15) is 11.6 Å². The molecule has 0 spiro atoms. The number of phenols is 1. The molecule has 0 saturated heterocycles. The van der Waals surface area contributed by atoms with Gasteiger partial charge in [-0.25, -0.2) is 4.98 Å². The number of benzene rings is 2. The Hall–Kier alpha value is -3.85. The number of aromatic nitrogens is 3. The Morgan fingerprint density at radius 3 is 2.71 bits per heavy atom. The van der Waals surface area contributed by atoms with E-state index in [9.17, 15) is 10.4 Å². The molecular weight excluding hydrogens is 386 g/mol. The molecular formula is C25H23N5O. The van der Waals surface area contributed by atoms with Gasteiger partial charge in [-0.05, 0) is 68.5 Å². The van der Waals surface area contributed by atoms with Gasteiger partial charge in [0.15, 0.2) is 0 Å². The van der Waals surface area contributed by atoms with Gasteiger partial charge in [0, 0.05) is 23.2 Å². The normalized spacial score (nSPS) is 13.0. The smallest absolute Gasteiger partial charge is 0.236 e. The summed E-state index contributed by atoms with van der Waals surface area (Å²) in [4.78, 5) is 9.88. The van der Waals surface area contributed by atoms with Gasteiger partial charge in [0.2, 0.25) is 5.95 Å². The highest BCUT2D eigenvalue weighted by Gasteiger charge is 2.20. The molecule has 2 N–H and O–H groups in total. The number of hydrogen-bond donors (Lipinski definition) is 2. The average molecular weight is 409 g/mol. The lowest BCUT2D eigenvalue weighted by atomic mass is 9.96. The molecule has 6 nitrogen and oxygen atoms in total. The summed E-state index contributed by atoms with van der Waals surface area (Å²) >= 11 is 0. The molecule has 1 aliphatic rings. The highest BCUT2D eigenvalue weighted by atomic mass is 16.3. The number of anilines is 1. The van der Waals surface area contributed by atoms with Gasteiger partial charge in [-0.2, -0.15) is 10.2 Å². The van der Waals surface area contributed by atoms with Crippen LogP contribution in [0.1, 0.15) is 40.9 Å². The molecule has 6 heteroatoms. The predicted octanol–water partition coefficient (Wildman–Crippen LogP) is 4.80. The van der Waals surface area contributed by atoms with Crippen LogP contribution in [0.25, 0.3) is 16.9 Å². The highest BCUT2D eigenvalue weighted by molar-refractivity contribution is 5.88. The third-order valence-electron chi connectivity index (χ3n) is 5.92. The van der Waals surface area contributed by atoms with E-state index in [1.807, 2.05) is 47.9 Å². The van der Waals surface area contributed by atoms with Gasteiger partial charge in [0.25, 0.3) is 0 Å². The lowest BCUT2D eigenvalue weighted by Crippen LogP contribution is -2.16. The Morgan fingerprint density at radius 1 is 1.10 bits per heavy atom. The van der Waals surface area contributed by atoms with Crippen LogP contribution in [0.15, 0.2) is 48.5 Å². The molecule has 154 valence electrons. The van der Waals surface area contributed by atoms with Crippen LogP contribution in [0.5, 0.6) is 5.75 Å². The number of nitriles is 1. The first-order chi connectivity index (χ1) is 15.1. The van der Waals surface area contributed by atoms with E-state index < -0.39 is 0 Å². The minimum atomic E-state index is 0.261. The molecule has 0 unspecified atom stereocenters. The molecule has 0 radical (unpaired) electrons. The summed E-state index contributed by atoms with van der Waals surface area (Å²) in [6.07, 6.45) is 4.18. The molecule has 0 saturated carbocycles. The summed E-state index contributed by atoms with van der Waals surface area (Å²) in [5.74, 6) is 1.76. The third kappa shape index (κ3) is 3.49. The summed E-state index contributed by atoms with van der Waals surface area (Å²) < 4.78 is 2.04. The lowest BCUT2D eigenvalue weighted by Gasteiger charge is -2.21. The Bertz CT molecular complexity index is 1310. The Labute approximate surface area is 180 Å². The molecule has 2 aromatic heterocycles. The van der Waals surface area contributed by atoms with Crippen molar-refractivity contribution in [2.45, 2.75) is 39.2 Å². The number of nitrogens with one attached hydrogen (secondary N) is 1. The zero-order valence-corrected chi connectivity index (χ0v) is 17.4. The van der Waals surface area contributed by atoms with Crippen molar-refractivity contribution in [2.24, 2.45) is 0 Å². The van der Waals surface area contributed by atoms with Gasteiger partial charge >= 0.3 is 0 Å². The molecule has 0 aliphatic heterocycles. The van der Waals surface area contributed by atoms with E-state index in [4.69, 9.17) is 9.97 Å². The van der Waals surface area contributed by atoms with Gasteiger partial charge < -0.3 is 10.4 Å². The van der Waals surface area contributed by atoms with Crippen molar-refractivity contribution >= 4 is 16.7 Å². The van der Waals surface area contributed by atoms with Crippen molar-refractivity contribution in [3.63, 3.8) is 0 Å². The van der Waals surface area contributed by atoms with E-state index in [0.717, 1.165) is 59.4 Å². The number of hydrogen-bond acceptors (Lipinski definition) is 5. The van der Waals surface area contributed by atoms with Crippen LogP contribution in [0, 0.1) is 18.3 Å². The van der Waals surface area contributed by atoms with Gasteiger partial charge in [0.05, 0.1) is 22.8 Å². The van der Waals surface area contributed by atoms with Crippen molar-refractivity contribution in [1.82, 2.24) is 14.5 Å². The van der Waals surface area contributed by atoms with Crippen LogP contribution >= 0.6 is 0 Å². The monoisotopic (exact) mass is 409 g/mol. The second kappa shape index (κ2) is 7.77. The van der Waals surface area contributed by atoms with E-state index in [-0.39, 0.29) is 5.75 Å². The van der Waals surface area contributed by atoms with Gasteiger partial charge in [-0.15, -0.1) is 0 Å². The standard InChI is InChI=1S/C25H23N5O/c1-16-13-21-18(14-26)5-4-8-23(21)30(16)25-28-22-7-3-2-6-20(22)24(29-25)27-15-17-9-11-19(31)12-10-17/h4-5,8-13,31H,2-3,6-7,15H2,1H3,(H,27,28,29). The molecule has 4 aromatic rings. The fourth-order valence-electron chi connectivity index (χ4n) is 4.35. The first-order valence-electron chi connectivity index (χ1n) is 10.6. The van der Waals surface area contributed by atoms with Crippen LogP contribution in [0.2, 0.25) is 0 Å². The number of aryl methyl sites for hydroxylation is 2. The fraction of sp³-hybridized carbons (Fsp3) is 0.240. The van der Waals surface area contributed by atoms with Crippen LogP contribution in [0.3, 0.4) is 0 Å². The van der Waals surface area contributed by atoms with Crippen LogP contribution in [-0.4, -0.2) is 19.6 Å². The SMILES string of the molecule is Cc1cc2c(C#N)cccc2n1-c1nc2c(c(NCc3ccc(O)cc3)n1)CCCC2. The largest absolute Gasteiger partial charge is 0.508 e. The second-order valence-corrected chi connectivity index (χ2v) is 8.00. The molecule has 2 heterocycles. The Kier molecular flexibility index (Phi) is 4.79. The van der Waals surface area contributed by atoms with E-state index in [0.29, 0.717) is 18.1 Å². The summed E-state index contributed by atoms with van der Waals surface area (Å²) in [6.45, 7) is 2.64. The van der Waals surface area contributed by atoms with Crippen LogP contribution in [-0.2, 0) is 19.4 Å². The lowest BCUT2D eigenvalue weighted by molar-refractivity contribution is 0.475. The van der Waals surface area contributed by atoms with Crippen molar-refractivity contribution in [3.05, 3.63) is 76.6 Å². The minimum absolute atomic E-state index is 0.261. The quantitative estimate of drug-likeness (QED) is 0.506. The predicted molar refractivity (Wildman–Crippen MR) is 120 cm³/mol. The van der Waals surface area contributed by atoms with E-state index in [1.54, 1.807) is 12.1 Å². The molecule has 5 rings (SSSR count). The first-order valence-corrected chi connectivity index (χ1v) is 10.6. The van der Waals surface area contributed by atoms with Gasteiger partial charge in [-0.1, -0.05) is 18.2 Å². The Balaban J connectivity index is 1.60. The van der Waals surface area contributed by atoms with Crippen molar-refractivity contribution in [3.8, 4) is 17.8 Å². The average Bonchev–Trinajstić information content (AvgIpc) is 3.14. The number of nitrogens with zero attached hydrogens (tertiary/aromatic N) is 4. The minimum Gasteiger partial charge on any atom is -0.508 e. The van der Waals surface area contributed by atoms with Crippen molar-refractivity contribution in [2.75, 3.05) is 5.32 Å². The van der Waals surface area contributed by atoms with E-state index >= 15 is 0 Å². The van der Waals surface area contributed by atoms with Crippen LogP contribution in [0.4, 0.5) is 5.82 Å². The maximum atomic E-state index is 9.53. The molecule has 0 fully saturated rings. The maximum absolute atomic E-state index is 9.53. The second-order valence-electron chi connectivity index (χ2n) is 8.00. The third-order valence-corrected chi connectivity index (χ3v) is 5.92. The summed E-state index contributed by atoms with van der Waals surface area (Å²) in [7, 11) is 0. The first kappa shape index (κ1) is 19.1. The zero-order valence-electron chi connectivity index (χ0n) is 17.4. The number of rotatable bonds is 4. The van der Waals surface area contributed by atoms with Crippen molar-refractivity contribution in [1.29, 1.82) is 5.26 Å². The molecule has 0 bridgehead atoms. The molecule has 1 aliphatic carbocycles. The van der Waals surface area contributed by atoms with E-state index in [1.165, 1.54) is 5.56 Å². The molecule has 0 amide bonds. The maximum Gasteiger partial charge on any atom is 0.236 e. The zero-order chi connectivity index (χ0) is 21.4. The topological polar surface area (TPSA) is 86.8 Å². The summed E-state index contributed by atoms with van der Waals surface area (Å²) in [5, 5.41) is 23.4. The number of fused-ring (bicyclic) bond motifs is 2. The number of aromatic hydroxyl groups is 1. The molecule has 2 aromatic carbocycles. The molecule has 31 heavy (non-hydrogen) atoms. The van der Waals surface area contributed by atoms with Crippen molar-refractivity contribution < 1.29 is 5.11 Å². The van der Waals surface area contributed by atoms with Gasteiger partial charge in [-0.3, -0.25) is 4.57 Å². The highest BCUT2D eigenvalue weighted by Crippen LogP contribution is 2.30.